The number of nitrogens with zero attached hydrogens (tertiary/aromatic N) is 8. The highest BCUT2D eigenvalue weighted by Crippen LogP contribution is 2.31. The lowest BCUT2D eigenvalue weighted by Gasteiger charge is -2.12. The quantitative estimate of drug-likeness (QED) is 0.186. The molecular weight excluding hydrogens is 580 g/mol. The molecule has 0 amide bonds. The second kappa shape index (κ2) is 12.1. The number of hydrogen-bond acceptors (Lipinski definition) is 8. The average molecular weight is 607 g/mol. The lowest BCUT2D eigenvalue weighted by molar-refractivity contribution is 1.04. The Hall–Kier alpha value is -6.54. The van der Waals surface area contributed by atoms with E-state index in [-0.39, 0.29) is 0 Å². The van der Waals surface area contributed by atoms with E-state index in [2.05, 4.69) is 58.3 Å². The molecule has 0 N–H and O–H groups in total. The summed E-state index contributed by atoms with van der Waals surface area (Å²) < 4.78 is 0. The van der Waals surface area contributed by atoms with Crippen molar-refractivity contribution in [2.75, 3.05) is 0 Å². The lowest BCUT2D eigenvalue weighted by Crippen LogP contribution is -2.03. The predicted molar refractivity (Wildman–Crippen MR) is 184 cm³/mol. The molecule has 0 saturated carbocycles. The van der Waals surface area contributed by atoms with Crippen molar-refractivity contribution in [3.8, 4) is 68.3 Å². The van der Waals surface area contributed by atoms with Crippen LogP contribution in [0.4, 0.5) is 0 Å². The van der Waals surface area contributed by atoms with Gasteiger partial charge >= 0.3 is 0 Å². The summed E-state index contributed by atoms with van der Waals surface area (Å²) in [7, 11) is 0. The Labute approximate surface area is 271 Å². The Morgan fingerprint density at radius 1 is 0.383 bits per heavy atom. The van der Waals surface area contributed by atoms with Crippen LogP contribution in [0.1, 0.15) is 5.56 Å². The van der Waals surface area contributed by atoms with Gasteiger partial charge in [0.25, 0.3) is 0 Å². The molecule has 8 rings (SSSR count). The number of rotatable bonds is 6. The van der Waals surface area contributed by atoms with E-state index >= 15 is 0 Å². The first kappa shape index (κ1) is 28.0. The Kier molecular flexibility index (Phi) is 7.20. The number of hydrogen-bond donors (Lipinski definition) is 0. The van der Waals surface area contributed by atoms with Crippen molar-refractivity contribution in [2.24, 2.45) is 0 Å². The molecule has 0 spiro atoms. The van der Waals surface area contributed by atoms with E-state index in [4.69, 9.17) is 24.9 Å². The summed E-state index contributed by atoms with van der Waals surface area (Å²) in [6.45, 7) is 2.10. The predicted octanol–water partition coefficient (Wildman–Crippen LogP) is 8.31. The monoisotopic (exact) mass is 606 g/mol. The topological polar surface area (TPSA) is 103 Å². The van der Waals surface area contributed by atoms with Crippen molar-refractivity contribution in [3.05, 3.63) is 145 Å². The van der Waals surface area contributed by atoms with Crippen molar-refractivity contribution in [2.45, 2.75) is 6.92 Å². The zero-order chi connectivity index (χ0) is 31.6. The van der Waals surface area contributed by atoms with Gasteiger partial charge in [-0.1, -0.05) is 48.5 Å². The van der Waals surface area contributed by atoms with Crippen LogP contribution in [-0.4, -0.2) is 39.9 Å². The van der Waals surface area contributed by atoms with Crippen LogP contribution in [0.3, 0.4) is 0 Å². The molecule has 0 saturated heterocycles. The van der Waals surface area contributed by atoms with Gasteiger partial charge in [-0.25, -0.2) is 24.9 Å². The van der Waals surface area contributed by atoms with Gasteiger partial charge in [-0.15, -0.1) is 0 Å². The third-order valence-corrected chi connectivity index (χ3v) is 7.85. The third-order valence-electron chi connectivity index (χ3n) is 7.85. The molecule has 0 aliphatic rings. The molecule has 0 aliphatic carbocycles. The first-order chi connectivity index (χ1) is 23.2. The molecule has 0 fully saturated rings. The van der Waals surface area contributed by atoms with E-state index in [1.54, 1.807) is 12.4 Å². The van der Waals surface area contributed by atoms with Crippen LogP contribution in [0.25, 0.3) is 79.2 Å². The van der Waals surface area contributed by atoms with Gasteiger partial charge in [0.05, 0.1) is 28.3 Å². The van der Waals surface area contributed by atoms with Crippen LogP contribution < -0.4 is 0 Å². The van der Waals surface area contributed by atoms with Gasteiger partial charge in [-0.05, 0) is 96.4 Å². The van der Waals surface area contributed by atoms with Crippen molar-refractivity contribution in [1.29, 1.82) is 0 Å². The minimum atomic E-state index is 0.441. The summed E-state index contributed by atoms with van der Waals surface area (Å²) in [6, 6.07) is 39.7. The minimum absolute atomic E-state index is 0.441. The summed E-state index contributed by atoms with van der Waals surface area (Å²) in [5.74, 6) is 1.41. The first-order valence-corrected chi connectivity index (χ1v) is 15.2. The SMILES string of the molecule is Cc1cc(-c2nc(-c3cccc(-c4ccccn4)n3)nc(-c3cccc(-c4ccccn4)n3)n2)ccc1-c1ccc2ncccc2c1. The number of pyridine rings is 5. The van der Waals surface area contributed by atoms with Crippen molar-refractivity contribution >= 4 is 10.9 Å². The largest absolute Gasteiger partial charge is 0.256 e. The molecule has 8 aromatic rings. The van der Waals surface area contributed by atoms with E-state index in [1.165, 1.54) is 0 Å². The van der Waals surface area contributed by atoms with Crippen LogP contribution in [0.5, 0.6) is 0 Å². The third kappa shape index (κ3) is 5.71. The number of fused-ring (bicyclic) bond motifs is 1. The zero-order valence-corrected chi connectivity index (χ0v) is 25.4. The van der Waals surface area contributed by atoms with Crippen LogP contribution in [0.15, 0.2) is 140 Å². The highest BCUT2D eigenvalue weighted by molar-refractivity contribution is 5.85. The summed E-state index contributed by atoms with van der Waals surface area (Å²) in [5.41, 5.74) is 9.39. The maximum Gasteiger partial charge on any atom is 0.182 e. The fourth-order valence-electron chi connectivity index (χ4n) is 5.54. The molecule has 0 unspecified atom stereocenters. The minimum Gasteiger partial charge on any atom is -0.256 e. The first-order valence-electron chi connectivity index (χ1n) is 15.2. The molecule has 222 valence electrons. The van der Waals surface area contributed by atoms with Gasteiger partial charge in [0.15, 0.2) is 17.5 Å². The van der Waals surface area contributed by atoms with E-state index in [9.17, 15) is 0 Å². The second-order valence-corrected chi connectivity index (χ2v) is 11.0. The van der Waals surface area contributed by atoms with Crippen molar-refractivity contribution in [1.82, 2.24) is 39.9 Å². The van der Waals surface area contributed by atoms with Gasteiger partial charge in [-0.3, -0.25) is 15.0 Å². The van der Waals surface area contributed by atoms with Gasteiger partial charge in [-0.2, -0.15) is 0 Å². The van der Waals surface area contributed by atoms with Gasteiger partial charge < -0.3 is 0 Å². The molecule has 6 aromatic heterocycles. The molecule has 0 aliphatic heterocycles. The van der Waals surface area contributed by atoms with Crippen LogP contribution >= 0.6 is 0 Å². The Bertz CT molecular complexity index is 2280. The maximum absolute atomic E-state index is 4.95. The van der Waals surface area contributed by atoms with Crippen LogP contribution in [-0.2, 0) is 0 Å². The van der Waals surface area contributed by atoms with Gasteiger partial charge in [0.1, 0.15) is 11.4 Å². The zero-order valence-electron chi connectivity index (χ0n) is 25.4. The van der Waals surface area contributed by atoms with E-state index in [0.29, 0.717) is 28.9 Å². The fourth-order valence-corrected chi connectivity index (χ4v) is 5.54. The molecule has 0 atom stereocenters. The molecule has 8 nitrogen and oxygen atoms in total. The van der Waals surface area contributed by atoms with Crippen LogP contribution in [0.2, 0.25) is 0 Å². The van der Waals surface area contributed by atoms with Crippen molar-refractivity contribution in [3.63, 3.8) is 0 Å². The van der Waals surface area contributed by atoms with E-state index in [1.807, 2.05) is 91.1 Å². The molecule has 0 radical (unpaired) electrons. The highest BCUT2D eigenvalue weighted by Gasteiger charge is 2.16. The summed E-state index contributed by atoms with van der Waals surface area (Å²) in [5, 5.41) is 1.10. The van der Waals surface area contributed by atoms with E-state index in [0.717, 1.165) is 55.9 Å². The highest BCUT2D eigenvalue weighted by atomic mass is 15.1. The van der Waals surface area contributed by atoms with Gasteiger partial charge in [0.2, 0.25) is 0 Å². The van der Waals surface area contributed by atoms with Crippen LogP contribution in [0, 0.1) is 6.92 Å². The molecule has 6 heterocycles. The molecule has 47 heavy (non-hydrogen) atoms. The van der Waals surface area contributed by atoms with Crippen molar-refractivity contribution < 1.29 is 0 Å². The average Bonchev–Trinajstić information content (AvgIpc) is 3.15. The summed E-state index contributed by atoms with van der Waals surface area (Å²) in [4.78, 5) is 38.0. The Morgan fingerprint density at radius 3 is 1.57 bits per heavy atom. The number of aromatic nitrogens is 8. The Morgan fingerprint density at radius 2 is 0.957 bits per heavy atom. The number of benzene rings is 2. The Balaban J connectivity index is 1.25. The molecule has 2 aromatic carbocycles. The molecule has 8 heteroatoms. The smallest absolute Gasteiger partial charge is 0.182 e. The number of aryl methyl sites for hydroxylation is 1. The maximum atomic E-state index is 4.95. The van der Waals surface area contributed by atoms with E-state index < -0.39 is 0 Å². The summed E-state index contributed by atoms with van der Waals surface area (Å²) >= 11 is 0. The molecule has 0 bridgehead atoms. The fraction of sp³-hybridized carbons (Fsp3) is 0.0256. The lowest BCUT2D eigenvalue weighted by atomic mass is 9.97. The standard InChI is InChI=1S/C39H26N8/c1-25-23-28(16-18-29(25)26-17-19-30-27(24-26)9-8-22-40-30)37-45-38(35-14-6-12-33(43-35)31-10-2-4-20-41-31)47-39(46-37)36-15-7-13-34(44-36)32-11-3-5-21-42-32/h2-24H,1H3. The normalized spacial score (nSPS) is 11.1. The van der Waals surface area contributed by atoms with Gasteiger partial charge in [0, 0.05) is 29.5 Å². The second-order valence-electron chi connectivity index (χ2n) is 11.0. The molecular formula is C39H26N8. The summed E-state index contributed by atoms with van der Waals surface area (Å²) in [6.07, 6.45) is 5.32.